The molecule has 1 aromatic carbocycles. The third kappa shape index (κ3) is 2.26. The van der Waals surface area contributed by atoms with Gasteiger partial charge in [0.1, 0.15) is 11.5 Å². The van der Waals surface area contributed by atoms with Gasteiger partial charge in [-0.2, -0.15) is 0 Å². The Kier molecular flexibility index (Phi) is 3.17. The van der Waals surface area contributed by atoms with Crippen molar-refractivity contribution in [2.24, 2.45) is 0 Å². The van der Waals surface area contributed by atoms with Gasteiger partial charge in [-0.05, 0) is 18.2 Å². The van der Waals surface area contributed by atoms with Crippen molar-refractivity contribution in [1.82, 2.24) is 15.0 Å². The second kappa shape index (κ2) is 4.49. The predicted octanol–water partition coefficient (Wildman–Crippen LogP) is 2.20. The molecule has 1 aromatic heterocycles. The van der Waals surface area contributed by atoms with Gasteiger partial charge in [0.2, 0.25) is 0 Å². The lowest BCUT2D eigenvalue weighted by atomic mass is 9.90. The highest BCUT2D eigenvalue weighted by molar-refractivity contribution is 5.35. The Morgan fingerprint density at radius 3 is 2.61 bits per heavy atom. The van der Waals surface area contributed by atoms with Crippen molar-refractivity contribution in [3.63, 3.8) is 0 Å². The Morgan fingerprint density at radius 1 is 1.33 bits per heavy atom. The van der Waals surface area contributed by atoms with E-state index in [2.05, 4.69) is 10.3 Å². The van der Waals surface area contributed by atoms with Crippen LogP contribution in [-0.4, -0.2) is 20.1 Å². The summed E-state index contributed by atoms with van der Waals surface area (Å²) in [7, 11) is 0. The molecule has 1 N–H and O–H groups in total. The van der Waals surface area contributed by atoms with Crippen LogP contribution in [0.4, 0.5) is 4.39 Å². The van der Waals surface area contributed by atoms with Crippen molar-refractivity contribution in [2.45, 2.75) is 32.8 Å². The van der Waals surface area contributed by atoms with Crippen molar-refractivity contribution in [3.05, 3.63) is 41.5 Å². The molecule has 0 radical (unpaired) electrons. The van der Waals surface area contributed by atoms with E-state index >= 15 is 0 Å². The lowest BCUT2D eigenvalue weighted by Gasteiger charge is -2.20. The molecule has 0 aliphatic heterocycles. The first-order valence-electron chi connectivity index (χ1n) is 5.75. The average Bonchev–Trinajstić information content (AvgIpc) is 2.72. The number of rotatable bonds is 2. The van der Waals surface area contributed by atoms with E-state index in [1.807, 2.05) is 20.8 Å². The zero-order chi connectivity index (χ0) is 13.3. The third-order valence-corrected chi connectivity index (χ3v) is 2.65. The van der Waals surface area contributed by atoms with E-state index in [0.717, 1.165) is 5.69 Å². The van der Waals surface area contributed by atoms with Gasteiger partial charge in [0.15, 0.2) is 0 Å². The first-order valence-corrected chi connectivity index (χ1v) is 5.75. The van der Waals surface area contributed by atoms with E-state index in [-0.39, 0.29) is 17.8 Å². The molecule has 0 saturated heterocycles. The minimum absolute atomic E-state index is 0.179. The van der Waals surface area contributed by atoms with Crippen LogP contribution in [-0.2, 0) is 12.0 Å². The van der Waals surface area contributed by atoms with Crippen molar-refractivity contribution in [1.29, 1.82) is 0 Å². The van der Waals surface area contributed by atoms with Crippen LogP contribution in [0.2, 0.25) is 0 Å². The van der Waals surface area contributed by atoms with Gasteiger partial charge in [-0.25, -0.2) is 9.07 Å². The van der Waals surface area contributed by atoms with Crippen LogP contribution in [0.5, 0.6) is 0 Å². The number of hydrogen-bond acceptors (Lipinski definition) is 3. The van der Waals surface area contributed by atoms with Crippen molar-refractivity contribution in [2.75, 3.05) is 0 Å². The van der Waals surface area contributed by atoms with E-state index < -0.39 is 0 Å². The van der Waals surface area contributed by atoms with Gasteiger partial charge in [-0.1, -0.05) is 32.1 Å². The number of aromatic nitrogens is 3. The fourth-order valence-corrected chi connectivity index (χ4v) is 1.96. The van der Waals surface area contributed by atoms with Gasteiger partial charge in [0, 0.05) is 5.41 Å². The van der Waals surface area contributed by atoms with Crippen LogP contribution in [0.25, 0.3) is 5.69 Å². The Balaban J connectivity index is 2.62. The van der Waals surface area contributed by atoms with Crippen LogP contribution in [0, 0.1) is 5.82 Å². The molecule has 96 valence electrons. The molecule has 1 heterocycles. The van der Waals surface area contributed by atoms with E-state index in [0.29, 0.717) is 11.4 Å². The predicted molar refractivity (Wildman–Crippen MR) is 65.9 cm³/mol. The molecular weight excluding hydrogens is 233 g/mol. The topological polar surface area (TPSA) is 50.9 Å². The van der Waals surface area contributed by atoms with Crippen LogP contribution >= 0.6 is 0 Å². The van der Waals surface area contributed by atoms with E-state index in [4.69, 9.17) is 0 Å². The average molecular weight is 249 g/mol. The molecule has 0 fully saturated rings. The summed E-state index contributed by atoms with van der Waals surface area (Å²) in [6.45, 7) is 5.82. The molecule has 2 rings (SSSR count). The summed E-state index contributed by atoms with van der Waals surface area (Å²) in [4.78, 5) is 0. The number of nitrogens with zero attached hydrogens (tertiary/aromatic N) is 3. The summed E-state index contributed by atoms with van der Waals surface area (Å²) in [5.41, 5.74) is 1.67. The van der Waals surface area contributed by atoms with E-state index in [1.165, 1.54) is 12.1 Å². The normalized spacial score (nSPS) is 11.8. The van der Waals surface area contributed by atoms with Crippen LogP contribution in [0.3, 0.4) is 0 Å². The summed E-state index contributed by atoms with van der Waals surface area (Å²) >= 11 is 0. The molecule has 18 heavy (non-hydrogen) atoms. The first-order chi connectivity index (χ1) is 8.43. The van der Waals surface area contributed by atoms with Gasteiger partial charge >= 0.3 is 0 Å². The fraction of sp³-hybridized carbons (Fsp3) is 0.385. The number of benzene rings is 1. The van der Waals surface area contributed by atoms with Crippen LogP contribution < -0.4 is 0 Å². The molecule has 0 aliphatic rings. The molecule has 0 atom stereocenters. The highest BCUT2D eigenvalue weighted by Gasteiger charge is 2.25. The van der Waals surface area contributed by atoms with Crippen LogP contribution in [0.15, 0.2) is 24.3 Å². The Labute approximate surface area is 105 Å². The van der Waals surface area contributed by atoms with Gasteiger partial charge in [0.25, 0.3) is 0 Å². The van der Waals surface area contributed by atoms with Gasteiger partial charge in [-0.15, -0.1) is 5.10 Å². The summed E-state index contributed by atoms with van der Waals surface area (Å²) in [5.74, 6) is -0.326. The number of aliphatic hydroxyl groups excluding tert-OH is 1. The molecule has 2 aromatic rings. The second-order valence-electron chi connectivity index (χ2n) is 5.18. The lowest BCUT2D eigenvalue weighted by Crippen LogP contribution is -2.19. The molecule has 0 aliphatic carbocycles. The van der Waals surface area contributed by atoms with Crippen molar-refractivity contribution < 1.29 is 9.50 Å². The van der Waals surface area contributed by atoms with E-state index in [9.17, 15) is 9.50 Å². The summed E-state index contributed by atoms with van der Waals surface area (Å²) in [6, 6.07) is 6.15. The van der Waals surface area contributed by atoms with Crippen molar-refractivity contribution in [3.8, 4) is 5.69 Å². The molecule has 0 spiro atoms. The maximum absolute atomic E-state index is 13.3. The standard InChI is InChI=1S/C13H16FN3O/c1-13(2,3)12-11(8-18)15-16-17(12)10-6-4-5-9(14)7-10/h4-7,18H,8H2,1-3H3. The maximum Gasteiger partial charge on any atom is 0.125 e. The molecule has 5 heteroatoms. The SMILES string of the molecule is CC(C)(C)c1c(CO)nnn1-c1cccc(F)c1. The minimum atomic E-state index is -0.326. The molecular formula is C13H16FN3O. The first kappa shape index (κ1) is 12.7. The van der Waals surface area contributed by atoms with Crippen molar-refractivity contribution >= 4 is 0 Å². The largest absolute Gasteiger partial charge is 0.390 e. The Hall–Kier alpha value is -1.75. The van der Waals surface area contributed by atoms with Crippen LogP contribution in [0.1, 0.15) is 32.2 Å². The smallest absolute Gasteiger partial charge is 0.125 e. The number of hydrogen-bond donors (Lipinski definition) is 1. The highest BCUT2D eigenvalue weighted by Crippen LogP contribution is 2.27. The lowest BCUT2D eigenvalue weighted by molar-refractivity contribution is 0.273. The quantitative estimate of drug-likeness (QED) is 0.887. The van der Waals surface area contributed by atoms with Gasteiger partial charge in [0.05, 0.1) is 18.0 Å². The maximum atomic E-state index is 13.3. The Bertz CT molecular complexity index is 558. The minimum Gasteiger partial charge on any atom is -0.390 e. The molecule has 0 bridgehead atoms. The molecule has 4 nitrogen and oxygen atoms in total. The zero-order valence-corrected chi connectivity index (χ0v) is 10.7. The van der Waals surface area contributed by atoms with Gasteiger partial charge in [-0.3, -0.25) is 0 Å². The zero-order valence-electron chi connectivity index (χ0n) is 10.7. The summed E-state index contributed by atoms with van der Waals surface area (Å²) in [6.07, 6.45) is 0. The molecule has 0 unspecified atom stereocenters. The number of aliphatic hydroxyl groups is 1. The second-order valence-corrected chi connectivity index (χ2v) is 5.18. The third-order valence-electron chi connectivity index (χ3n) is 2.65. The molecule has 0 saturated carbocycles. The highest BCUT2D eigenvalue weighted by atomic mass is 19.1. The Morgan fingerprint density at radius 2 is 2.06 bits per heavy atom. The summed E-state index contributed by atoms with van der Waals surface area (Å²) < 4.78 is 14.8. The van der Waals surface area contributed by atoms with Gasteiger partial charge < -0.3 is 5.11 Å². The molecule has 0 amide bonds. The number of halogens is 1. The summed E-state index contributed by atoms with van der Waals surface area (Å²) in [5, 5.41) is 17.3. The monoisotopic (exact) mass is 249 g/mol. The van der Waals surface area contributed by atoms with E-state index in [1.54, 1.807) is 16.8 Å². The fourth-order valence-electron chi connectivity index (χ4n) is 1.96.